The molecule has 4 aliphatic carbocycles. The molecule has 0 N–H and O–H groups in total. The fourth-order valence-electron chi connectivity index (χ4n) is 4.59. The molecule has 0 radical (unpaired) electrons. The Bertz CT molecular complexity index is 547. The van der Waals surface area contributed by atoms with Crippen LogP contribution < -0.4 is 0 Å². The lowest BCUT2D eigenvalue weighted by molar-refractivity contribution is 0.436. The molecule has 0 spiro atoms. The predicted octanol–water partition coefficient (Wildman–Crippen LogP) is 4.96. The van der Waals surface area contributed by atoms with Gasteiger partial charge in [-0.05, 0) is 56.4 Å². The minimum absolute atomic E-state index is 0.210. The maximum atomic E-state index is 2.53. The van der Waals surface area contributed by atoms with Gasteiger partial charge in [-0.25, -0.2) is 0 Å². The number of hydrogen-bond acceptors (Lipinski definition) is 0. The van der Waals surface area contributed by atoms with Gasteiger partial charge in [-0.2, -0.15) is 0 Å². The van der Waals surface area contributed by atoms with Gasteiger partial charge in [0.2, 0.25) is 0 Å². The summed E-state index contributed by atoms with van der Waals surface area (Å²) >= 11 is 0. The van der Waals surface area contributed by atoms with Gasteiger partial charge in [0, 0.05) is 10.8 Å². The summed E-state index contributed by atoms with van der Waals surface area (Å²) in [5.74, 6) is 0. The Kier molecular flexibility index (Phi) is 1.86. The number of hydrogen-bond donors (Lipinski definition) is 0. The van der Waals surface area contributed by atoms with Crippen LogP contribution in [0.2, 0.25) is 0 Å². The van der Waals surface area contributed by atoms with Gasteiger partial charge in [0.1, 0.15) is 0 Å². The van der Waals surface area contributed by atoms with Crippen LogP contribution in [0.1, 0.15) is 48.0 Å². The molecule has 0 aliphatic heterocycles. The third kappa shape index (κ3) is 1.09. The van der Waals surface area contributed by atoms with E-state index in [4.69, 9.17) is 0 Å². The molecule has 0 nitrogen and oxygen atoms in total. The maximum Gasteiger partial charge on any atom is 0.0301 e. The lowest BCUT2D eigenvalue weighted by atomic mass is 9.61. The van der Waals surface area contributed by atoms with Crippen molar-refractivity contribution in [3.05, 3.63) is 45.6 Å². The highest BCUT2D eigenvalue weighted by Crippen LogP contribution is 2.68. The molecule has 4 aliphatic rings. The number of allylic oxidation sites excluding steroid dienone is 8. The van der Waals surface area contributed by atoms with Crippen LogP contribution in [-0.4, -0.2) is 0 Å². The zero-order valence-corrected chi connectivity index (χ0v) is 11.9. The SMILES string of the molecule is CC1=CC(C)=C(C2(C)C=C3C(C)=C2C3(C)C)C1. The number of rotatable bonds is 1. The average Bonchev–Trinajstić information content (AvgIpc) is 2.75. The first-order valence-electron chi connectivity index (χ1n) is 6.61. The second-order valence-electron chi connectivity index (χ2n) is 6.71. The summed E-state index contributed by atoms with van der Waals surface area (Å²) in [5, 5.41) is 0. The molecule has 0 heteroatoms. The summed E-state index contributed by atoms with van der Waals surface area (Å²) in [6.07, 6.45) is 6.06. The highest BCUT2D eigenvalue weighted by Gasteiger charge is 2.55. The van der Waals surface area contributed by atoms with Crippen molar-refractivity contribution in [2.45, 2.75) is 48.0 Å². The van der Waals surface area contributed by atoms with Crippen LogP contribution >= 0.6 is 0 Å². The minimum atomic E-state index is 0.210. The van der Waals surface area contributed by atoms with Crippen molar-refractivity contribution in [1.82, 2.24) is 0 Å². The van der Waals surface area contributed by atoms with E-state index in [9.17, 15) is 0 Å². The van der Waals surface area contributed by atoms with Gasteiger partial charge < -0.3 is 0 Å². The van der Waals surface area contributed by atoms with Crippen molar-refractivity contribution in [3.8, 4) is 0 Å². The van der Waals surface area contributed by atoms with Crippen molar-refractivity contribution in [3.63, 3.8) is 0 Å². The van der Waals surface area contributed by atoms with E-state index < -0.39 is 0 Å². The second-order valence-corrected chi connectivity index (χ2v) is 6.71. The van der Waals surface area contributed by atoms with Crippen molar-refractivity contribution >= 4 is 0 Å². The molecule has 1 unspecified atom stereocenters. The molecular weight excluding hydrogens is 204 g/mol. The van der Waals surface area contributed by atoms with E-state index in [1.807, 2.05) is 0 Å². The first-order chi connectivity index (χ1) is 7.78. The fourth-order valence-corrected chi connectivity index (χ4v) is 4.59. The van der Waals surface area contributed by atoms with Crippen LogP contribution in [0.3, 0.4) is 0 Å². The molecule has 1 atom stereocenters. The van der Waals surface area contributed by atoms with Gasteiger partial charge in [0.25, 0.3) is 0 Å². The van der Waals surface area contributed by atoms with Crippen LogP contribution in [0.25, 0.3) is 0 Å². The molecule has 17 heavy (non-hydrogen) atoms. The topological polar surface area (TPSA) is 0 Å². The Morgan fingerprint density at radius 1 is 1.06 bits per heavy atom. The molecular formula is C17H22. The van der Waals surface area contributed by atoms with Crippen molar-refractivity contribution in [1.29, 1.82) is 0 Å². The molecule has 0 fully saturated rings. The van der Waals surface area contributed by atoms with Crippen molar-refractivity contribution < 1.29 is 0 Å². The zero-order chi connectivity index (χ0) is 12.6. The highest BCUT2D eigenvalue weighted by molar-refractivity contribution is 5.69. The van der Waals surface area contributed by atoms with Crippen molar-refractivity contribution in [2.24, 2.45) is 10.8 Å². The largest absolute Gasteiger partial charge is 0.0689 e. The summed E-state index contributed by atoms with van der Waals surface area (Å²) in [7, 11) is 0. The Morgan fingerprint density at radius 2 is 1.71 bits per heavy atom. The molecule has 2 bridgehead atoms. The van der Waals surface area contributed by atoms with Crippen LogP contribution in [0.5, 0.6) is 0 Å². The summed E-state index contributed by atoms with van der Waals surface area (Å²) in [5.41, 5.74) is 9.97. The molecule has 0 amide bonds. The van der Waals surface area contributed by atoms with Crippen molar-refractivity contribution in [2.75, 3.05) is 0 Å². The second kappa shape index (κ2) is 2.85. The normalized spacial score (nSPS) is 34.0. The van der Waals surface area contributed by atoms with E-state index in [1.54, 1.807) is 22.3 Å². The van der Waals surface area contributed by atoms with Gasteiger partial charge in [0.05, 0.1) is 0 Å². The van der Waals surface area contributed by atoms with Gasteiger partial charge in [-0.1, -0.05) is 37.1 Å². The molecule has 90 valence electrons. The minimum Gasteiger partial charge on any atom is -0.0689 e. The lowest BCUT2D eigenvalue weighted by Crippen LogP contribution is -2.31. The Morgan fingerprint density at radius 3 is 2.06 bits per heavy atom. The quantitative estimate of drug-likeness (QED) is 0.593. The molecule has 0 aromatic heterocycles. The van der Waals surface area contributed by atoms with Gasteiger partial charge >= 0.3 is 0 Å². The maximum absolute atomic E-state index is 2.53. The van der Waals surface area contributed by atoms with Gasteiger partial charge in [-0.3, -0.25) is 0 Å². The lowest BCUT2D eigenvalue weighted by Gasteiger charge is -2.43. The monoisotopic (exact) mass is 226 g/mol. The molecule has 0 heterocycles. The van der Waals surface area contributed by atoms with Crippen LogP contribution in [-0.2, 0) is 0 Å². The summed E-state index contributed by atoms with van der Waals surface area (Å²) in [6.45, 7) is 14.0. The number of fused-ring (bicyclic) bond motifs is 1. The first-order valence-corrected chi connectivity index (χ1v) is 6.61. The average molecular weight is 226 g/mol. The molecule has 4 rings (SSSR count). The van der Waals surface area contributed by atoms with Gasteiger partial charge in [-0.15, -0.1) is 0 Å². The van der Waals surface area contributed by atoms with Gasteiger partial charge in [0.15, 0.2) is 0 Å². The van der Waals surface area contributed by atoms with E-state index in [1.165, 1.54) is 17.6 Å². The van der Waals surface area contributed by atoms with Crippen LogP contribution in [0.4, 0.5) is 0 Å². The first kappa shape index (κ1) is 11.1. The molecule has 0 saturated heterocycles. The molecule has 0 aromatic rings. The standard InChI is InChI=1S/C17H22/c1-10-7-11(2)13(8-10)17(6)9-14-12(3)15(17)16(14,4)5/h7,9H,8H2,1-6H3. The summed E-state index contributed by atoms with van der Waals surface area (Å²) in [6, 6.07) is 0. The Labute approximate surface area is 105 Å². The van der Waals surface area contributed by atoms with Crippen LogP contribution in [0, 0.1) is 10.8 Å². The third-order valence-electron chi connectivity index (χ3n) is 5.05. The fraction of sp³-hybridized carbons (Fsp3) is 0.529. The van der Waals surface area contributed by atoms with E-state index >= 15 is 0 Å². The Hall–Kier alpha value is -1.04. The molecule has 0 saturated carbocycles. The third-order valence-corrected chi connectivity index (χ3v) is 5.05. The summed E-state index contributed by atoms with van der Waals surface area (Å²) < 4.78 is 0. The molecule has 0 aromatic carbocycles. The zero-order valence-electron chi connectivity index (χ0n) is 11.9. The van der Waals surface area contributed by atoms with E-state index in [-0.39, 0.29) is 5.41 Å². The summed E-state index contributed by atoms with van der Waals surface area (Å²) in [4.78, 5) is 0. The van der Waals surface area contributed by atoms with E-state index in [0.29, 0.717) is 5.41 Å². The van der Waals surface area contributed by atoms with E-state index in [0.717, 1.165) is 0 Å². The smallest absolute Gasteiger partial charge is 0.0301 e. The van der Waals surface area contributed by atoms with Crippen LogP contribution in [0.15, 0.2) is 45.6 Å². The highest BCUT2D eigenvalue weighted by atomic mass is 14.6. The predicted molar refractivity (Wildman–Crippen MR) is 73.7 cm³/mol. The van der Waals surface area contributed by atoms with E-state index in [2.05, 4.69) is 53.7 Å². The Balaban J connectivity index is 2.10.